The Hall–Kier alpha value is -3.34. The van der Waals surface area contributed by atoms with Gasteiger partial charge < -0.3 is 10.1 Å². The van der Waals surface area contributed by atoms with Gasteiger partial charge in [-0.25, -0.2) is 4.98 Å². The first-order valence-corrected chi connectivity index (χ1v) is 9.49. The molecule has 28 heavy (non-hydrogen) atoms. The summed E-state index contributed by atoms with van der Waals surface area (Å²) in [6.45, 7) is 8.81. The van der Waals surface area contributed by atoms with Gasteiger partial charge in [-0.15, -0.1) is 0 Å². The normalized spacial score (nSPS) is 11.0. The van der Waals surface area contributed by atoms with Crippen LogP contribution in [0.1, 0.15) is 23.7 Å². The molecule has 0 radical (unpaired) electrons. The van der Waals surface area contributed by atoms with Crippen molar-refractivity contribution in [2.45, 2.75) is 27.7 Å². The van der Waals surface area contributed by atoms with Gasteiger partial charge >= 0.3 is 0 Å². The molecule has 5 heteroatoms. The van der Waals surface area contributed by atoms with Gasteiger partial charge in [-0.2, -0.15) is 9.61 Å². The maximum Gasteiger partial charge on any atom is 0.161 e. The van der Waals surface area contributed by atoms with E-state index in [1.165, 1.54) is 5.56 Å². The van der Waals surface area contributed by atoms with E-state index in [0.717, 1.165) is 45.4 Å². The Balaban J connectivity index is 1.77. The fourth-order valence-corrected chi connectivity index (χ4v) is 3.35. The van der Waals surface area contributed by atoms with Crippen molar-refractivity contribution in [1.82, 2.24) is 14.6 Å². The summed E-state index contributed by atoms with van der Waals surface area (Å²) in [6, 6.07) is 18.3. The lowest BCUT2D eigenvalue weighted by Gasteiger charge is -2.10. The molecular formula is C23H24N4O. The third kappa shape index (κ3) is 3.43. The molecule has 0 saturated carbocycles. The lowest BCUT2D eigenvalue weighted by molar-refractivity contribution is 0.340. The van der Waals surface area contributed by atoms with Gasteiger partial charge in [0.25, 0.3) is 0 Å². The summed E-state index contributed by atoms with van der Waals surface area (Å²) in [6.07, 6.45) is 0. The lowest BCUT2D eigenvalue weighted by Crippen LogP contribution is -2.02. The summed E-state index contributed by atoms with van der Waals surface area (Å²) in [5.74, 6) is 1.74. The standard InChI is InChI=1S/C23H24N4O/c1-5-28-20-11-9-19(10-12-20)25-21-14-16(3)24-23-17(4)22(26-27(21)23)18-8-6-7-15(2)13-18/h6-14,25H,5H2,1-4H3. The molecule has 4 rings (SSSR count). The molecule has 0 spiro atoms. The number of hydrogen-bond donors (Lipinski definition) is 1. The second-order valence-corrected chi connectivity index (χ2v) is 6.94. The lowest BCUT2D eigenvalue weighted by atomic mass is 10.1. The first-order valence-electron chi connectivity index (χ1n) is 9.49. The molecule has 2 aromatic carbocycles. The molecular weight excluding hydrogens is 348 g/mol. The fraction of sp³-hybridized carbons (Fsp3) is 0.217. The molecule has 4 aromatic rings. The number of ether oxygens (including phenoxy) is 1. The number of aromatic nitrogens is 3. The predicted octanol–water partition coefficient (Wildman–Crippen LogP) is 5.46. The highest BCUT2D eigenvalue weighted by Gasteiger charge is 2.15. The zero-order chi connectivity index (χ0) is 19.7. The summed E-state index contributed by atoms with van der Waals surface area (Å²) in [5, 5.41) is 8.34. The smallest absolute Gasteiger partial charge is 0.161 e. The topological polar surface area (TPSA) is 51.5 Å². The zero-order valence-corrected chi connectivity index (χ0v) is 16.7. The quantitative estimate of drug-likeness (QED) is 0.505. The number of fused-ring (bicyclic) bond motifs is 1. The van der Waals surface area contributed by atoms with E-state index in [4.69, 9.17) is 14.8 Å². The highest BCUT2D eigenvalue weighted by Crippen LogP contribution is 2.28. The van der Waals surface area contributed by atoms with E-state index in [-0.39, 0.29) is 0 Å². The van der Waals surface area contributed by atoms with Gasteiger partial charge in [0.2, 0.25) is 0 Å². The van der Waals surface area contributed by atoms with Crippen LogP contribution >= 0.6 is 0 Å². The first-order chi connectivity index (χ1) is 13.5. The van der Waals surface area contributed by atoms with Crippen LogP contribution in [-0.4, -0.2) is 21.2 Å². The third-order valence-electron chi connectivity index (χ3n) is 4.68. The molecule has 0 fully saturated rings. The number of rotatable bonds is 5. The van der Waals surface area contributed by atoms with Crippen LogP contribution < -0.4 is 10.1 Å². The molecule has 0 amide bonds. The van der Waals surface area contributed by atoms with Crippen LogP contribution in [0.3, 0.4) is 0 Å². The van der Waals surface area contributed by atoms with Gasteiger partial charge in [-0.05, 0) is 58.0 Å². The largest absolute Gasteiger partial charge is 0.494 e. The molecule has 0 atom stereocenters. The summed E-state index contributed by atoms with van der Waals surface area (Å²) < 4.78 is 7.41. The molecule has 5 nitrogen and oxygen atoms in total. The van der Waals surface area contributed by atoms with Crippen molar-refractivity contribution in [1.29, 1.82) is 0 Å². The minimum atomic E-state index is 0.658. The van der Waals surface area contributed by atoms with Crippen LogP contribution in [0.25, 0.3) is 16.9 Å². The Morgan fingerprint density at radius 1 is 1.00 bits per heavy atom. The van der Waals surface area contributed by atoms with E-state index in [9.17, 15) is 0 Å². The van der Waals surface area contributed by atoms with Crippen molar-refractivity contribution < 1.29 is 4.74 Å². The van der Waals surface area contributed by atoms with E-state index in [0.29, 0.717) is 6.61 Å². The van der Waals surface area contributed by atoms with E-state index >= 15 is 0 Å². The second kappa shape index (κ2) is 7.35. The van der Waals surface area contributed by atoms with Crippen molar-refractivity contribution in [3.63, 3.8) is 0 Å². The molecule has 0 saturated heterocycles. The van der Waals surface area contributed by atoms with Crippen LogP contribution in [0.4, 0.5) is 11.5 Å². The monoisotopic (exact) mass is 372 g/mol. The van der Waals surface area contributed by atoms with Gasteiger partial charge in [0.15, 0.2) is 5.65 Å². The SMILES string of the molecule is CCOc1ccc(Nc2cc(C)nc3c(C)c(-c4cccc(C)c4)nn23)cc1. The van der Waals surface area contributed by atoms with Gasteiger partial charge in [0.05, 0.1) is 12.3 Å². The predicted molar refractivity (Wildman–Crippen MR) is 114 cm³/mol. The highest BCUT2D eigenvalue weighted by molar-refractivity contribution is 5.73. The Kier molecular flexibility index (Phi) is 4.74. The van der Waals surface area contributed by atoms with Crippen LogP contribution in [0, 0.1) is 20.8 Å². The van der Waals surface area contributed by atoms with Gasteiger partial charge in [0.1, 0.15) is 11.6 Å². The summed E-state index contributed by atoms with van der Waals surface area (Å²) in [7, 11) is 0. The first kappa shape index (κ1) is 18.0. The van der Waals surface area contributed by atoms with E-state index in [1.807, 2.05) is 48.7 Å². The molecule has 2 heterocycles. The number of nitrogens with zero attached hydrogens (tertiary/aromatic N) is 3. The maximum atomic E-state index is 5.52. The average Bonchev–Trinajstić information content (AvgIpc) is 3.00. The summed E-state index contributed by atoms with van der Waals surface area (Å²) in [4.78, 5) is 4.72. The van der Waals surface area contributed by atoms with Gasteiger partial charge in [-0.1, -0.05) is 23.8 Å². The maximum absolute atomic E-state index is 5.52. The number of nitrogens with one attached hydrogen (secondary N) is 1. The van der Waals surface area contributed by atoms with E-state index < -0.39 is 0 Å². The van der Waals surface area contributed by atoms with Crippen molar-refractivity contribution >= 4 is 17.2 Å². The molecule has 0 bridgehead atoms. The highest BCUT2D eigenvalue weighted by atomic mass is 16.5. The minimum Gasteiger partial charge on any atom is -0.494 e. The Labute approximate surface area is 165 Å². The molecule has 1 N–H and O–H groups in total. The Morgan fingerprint density at radius 3 is 2.50 bits per heavy atom. The van der Waals surface area contributed by atoms with E-state index in [1.54, 1.807) is 0 Å². The molecule has 142 valence electrons. The van der Waals surface area contributed by atoms with Gasteiger partial charge in [0, 0.05) is 28.6 Å². The number of benzene rings is 2. The van der Waals surface area contributed by atoms with Crippen molar-refractivity contribution in [3.05, 3.63) is 71.4 Å². The molecule has 0 aliphatic carbocycles. The minimum absolute atomic E-state index is 0.658. The van der Waals surface area contributed by atoms with Gasteiger partial charge in [-0.3, -0.25) is 0 Å². The average molecular weight is 372 g/mol. The molecule has 0 aliphatic heterocycles. The van der Waals surface area contributed by atoms with Crippen molar-refractivity contribution in [2.75, 3.05) is 11.9 Å². The molecule has 0 unspecified atom stereocenters. The number of hydrogen-bond acceptors (Lipinski definition) is 4. The zero-order valence-electron chi connectivity index (χ0n) is 16.7. The van der Waals surface area contributed by atoms with Crippen molar-refractivity contribution in [3.8, 4) is 17.0 Å². The Morgan fingerprint density at radius 2 is 1.79 bits per heavy atom. The van der Waals surface area contributed by atoms with Crippen LogP contribution in [0.5, 0.6) is 5.75 Å². The van der Waals surface area contributed by atoms with Crippen molar-refractivity contribution in [2.24, 2.45) is 0 Å². The van der Waals surface area contributed by atoms with Crippen LogP contribution in [0.15, 0.2) is 54.6 Å². The number of aryl methyl sites for hydroxylation is 3. The summed E-state index contributed by atoms with van der Waals surface area (Å²) in [5.41, 5.74) is 7.13. The van der Waals surface area contributed by atoms with E-state index in [2.05, 4.69) is 43.4 Å². The molecule has 0 aliphatic rings. The molecule has 2 aromatic heterocycles. The number of anilines is 2. The van der Waals surface area contributed by atoms with Crippen LogP contribution in [0.2, 0.25) is 0 Å². The fourth-order valence-electron chi connectivity index (χ4n) is 3.35. The van der Waals surface area contributed by atoms with Crippen LogP contribution in [-0.2, 0) is 0 Å². The Bertz CT molecular complexity index is 1130. The summed E-state index contributed by atoms with van der Waals surface area (Å²) >= 11 is 0. The second-order valence-electron chi connectivity index (χ2n) is 6.94. The third-order valence-corrected chi connectivity index (χ3v) is 4.68.